The number of halogens is 2. The van der Waals surface area contributed by atoms with Crippen LogP contribution >= 0.6 is 23.2 Å². The van der Waals surface area contributed by atoms with E-state index in [-0.39, 0.29) is 0 Å². The first-order valence-corrected chi connectivity index (χ1v) is 6.85. The van der Waals surface area contributed by atoms with Gasteiger partial charge in [0, 0.05) is 19.3 Å². The first kappa shape index (κ1) is 14.8. The largest absolute Gasteiger partial charge is 0.497 e. The van der Waals surface area contributed by atoms with Crippen molar-refractivity contribution in [3.63, 3.8) is 0 Å². The van der Waals surface area contributed by atoms with Crippen LogP contribution in [0.4, 0.5) is 11.4 Å². The number of ether oxygens (including phenoxy) is 1. The van der Waals surface area contributed by atoms with Crippen LogP contribution in [-0.2, 0) is 6.54 Å². The lowest BCUT2D eigenvalue weighted by molar-refractivity contribution is 0.415. The van der Waals surface area contributed by atoms with Gasteiger partial charge in [0.25, 0.3) is 0 Å². The molecule has 0 spiro atoms. The highest BCUT2D eigenvalue weighted by molar-refractivity contribution is 6.38. The molecule has 0 bridgehead atoms. The molecule has 2 aromatic rings. The van der Waals surface area contributed by atoms with Crippen molar-refractivity contribution in [2.24, 2.45) is 0 Å². The zero-order valence-corrected chi connectivity index (χ0v) is 12.9. The minimum atomic E-state index is 0.421. The van der Waals surface area contributed by atoms with Crippen molar-refractivity contribution in [1.82, 2.24) is 0 Å². The molecular formula is C15H16Cl2N2O. The van der Waals surface area contributed by atoms with Gasteiger partial charge in [-0.25, -0.2) is 0 Å². The van der Waals surface area contributed by atoms with Crippen LogP contribution in [0.25, 0.3) is 0 Å². The molecule has 0 fully saturated rings. The molecule has 2 aromatic carbocycles. The van der Waals surface area contributed by atoms with E-state index in [1.807, 2.05) is 43.4 Å². The van der Waals surface area contributed by atoms with Gasteiger partial charge in [-0.05, 0) is 42.0 Å². The first-order valence-electron chi connectivity index (χ1n) is 6.10. The number of methoxy groups -OCH3 is 1. The van der Waals surface area contributed by atoms with Crippen molar-refractivity contribution in [2.45, 2.75) is 6.54 Å². The molecule has 0 saturated heterocycles. The van der Waals surface area contributed by atoms with Gasteiger partial charge < -0.3 is 15.4 Å². The fraction of sp³-hybridized carbons (Fsp3) is 0.200. The zero-order valence-electron chi connectivity index (χ0n) is 11.4. The fourth-order valence-corrected chi connectivity index (χ4v) is 2.46. The highest BCUT2D eigenvalue weighted by atomic mass is 35.5. The van der Waals surface area contributed by atoms with Crippen molar-refractivity contribution in [3.05, 3.63) is 52.0 Å². The fourth-order valence-electron chi connectivity index (χ4n) is 1.93. The van der Waals surface area contributed by atoms with Crippen LogP contribution < -0.4 is 15.4 Å². The second-order valence-electron chi connectivity index (χ2n) is 4.53. The Kier molecular flexibility index (Phi) is 4.63. The lowest BCUT2D eigenvalue weighted by Crippen LogP contribution is -2.16. The monoisotopic (exact) mass is 310 g/mol. The van der Waals surface area contributed by atoms with E-state index in [1.54, 1.807) is 7.11 Å². The average Bonchev–Trinajstić information content (AvgIpc) is 2.44. The molecule has 0 aliphatic heterocycles. The Bertz CT molecular complexity index is 576. The summed E-state index contributed by atoms with van der Waals surface area (Å²) in [4.78, 5) is 2.09. The Morgan fingerprint density at radius 1 is 1.10 bits per heavy atom. The molecule has 2 rings (SSSR count). The summed E-state index contributed by atoms with van der Waals surface area (Å²) in [5.74, 6) is 0.834. The second kappa shape index (κ2) is 6.25. The maximum Gasteiger partial charge on any atom is 0.119 e. The second-order valence-corrected chi connectivity index (χ2v) is 5.34. The van der Waals surface area contributed by atoms with Crippen LogP contribution in [0.5, 0.6) is 5.75 Å². The summed E-state index contributed by atoms with van der Waals surface area (Å²) in [7, 11) is 3.65. The van der Waals surface area contributed by atoms with Crippen LogP contribution in [0.3, 0.4) is 0 Å². The molecule has 0 saturated carbocycles. The molecule has 3 nitrogen and oxygen atoms in total. The number of nitrogens with zero attached hydrogens (tertiary/aromatic N) is 1. The van der Waals surface area contributed by atoms with Crippen molar-refractivity contribution in [2.75, 3.05) is 24.8 Å². The standard InChI is InChI=1S/C15H16Cl2N2O/c1-19(11-3-5-12(20-2)6-4-11)9-10-7-13(16)15(18)14(17)8-10/h3-8H,9,18H2,1-2H3. The van der Waals surface area contributed by atoms with Gasteiger partial charge in [-0.1, -0.05) is 23.2 Å². The summed E-state index contributed by atoms with van der Waals surface area (Å²) in [5.41, 5.74) is 8.24. The Labute approximate surface area is 128 Å². The SMILES string of the molecule is COc1ccc(N(C)Cc2cc(Cl)c(N)c(Cl)c2)cc1. The molecule has 0 heterocycles. The van der Waals surface area contributed by atoms with E-state index in [0.717, 1.165) is 17.0 Å². The van der Waals surface area contributed by atoms with Crippen molar-refractivity contribution in [1.29, 1.82) is 0 Å². The minimum Gasteiger partial charge on any atom is -0.497 e. The van der Waals surface area contributed by atoms with Crippen LogP contribution in [0.15, 0.2) is 36.4 Å². The third-order valence-electron chi connectivity index (χ3n) is 3.07. The summed E-state index contributed by atoms with van der Waals surface area (Å²) in [6.07, 6.45) is 0. The Balaban J connectivity index is 2.16. The molecule has 0 aliphatic rings. The zero-order chi connectivity index (χ0) is 14.7. The van der Waals surface area contributed by atoms with Gasteiger partial charge >= 0.3 is 0 Å². The van der Waals surface area contributed by atoms with Crippen LogP contribution in [0.2, 0.25) is 10.0 Å². The van der Waals surface area contributed by atoms with Gasteiger partial charge in [-0.3, -0.25) is 0 Å². The number of nitrogens with two attached hydrogens (primary N) is 1. The maximum absolute atomic E-state index is 6.04. The van der Waals surface area contributed by atoms with Gasteiger partial charge in [0.2, 0.25) is 0 Å². The van der Waals surface area contributed by atoms with Gasteiger partial charge in [-0.2, -0.15) is 0 Å². The summed E-state index contributed by atoms with van der Waals surface area (Å²) >= 11 is 12.1. The van der Waals surface area contributed by atoms with Crippen molar-refractivity contribution in [3.8, 4) is 5.75 Å². The number of rotatable bonds is 4. The van der Waals surface area contributed by atoms with Gasteiger partial charge in [0.1, 0.15) is 5.75 Å². The van der Waals surface area contributed by atoms with Gasteiger partial charge in [0.05, 0.1) is 22.8 Å². The molecule has 0 radical (unpaired) electrons. The Hall–Kier alpha value is -1.58. The van der Waals surface area contributed by atoms with Crippen molar-refractivity contribution < 1.29 is 4.74 Å². The predicted molar refractivity (Wildman–Crippen MR) is 86.0 cm³/mol. The topological polar surface area (TPSA) is 38.5 Å². The quantitative estimate of drug-likeness (QED) is 0.859. The molecule has 2 N–H and O–H groups in total. The van der Waals surface area contributed by atoms with Gasteiger partial charge in [-0.15, -0.1) is 0 Å². The lowest BCUT2D eigenvalue weighted by Gasteiger charge is -2.20. The minimum absolute atomic E-state index is 0.421. The highest BCUT2D eigenvalue weighted by Crippen LogP contribution is 2.30. The van der Waals surface area contributed by atoms with E-state index in [2.05, 4.69) is 4.90 Å². The summed E-state index contributed by atoms with van der Waals surface area (Å²) < 4.78 is 5.14. The number of benzene rings is 2. The van der Waals surface area contributed by atoms with Crippen LogP contribution in [-0.4, -0.2) is 14.2 Å². The van der Waals surface area contributed by atoms with Crippen LogP contribution in [0, 0.1) is 0 Å². The van der Waals surface area contributed by atoms with Crippen LogP contribution in [0.1, 0.15) is 5.56 Å². The van der Waals surface area contributed by atoms with E-state index in [4.69, 9.17) is 33.7 Å². The summed E-state index contributed by atoms with van der Waals surface area (Å²) in [5, 5.41) is 0.964. The molecule has 106 valence electrons. The first-order chi connectivity index (χ1) is 9.51. The predicted octanol–water partition coefficient (Wildman–Crippen LogP) is 4.22. The smallest absolute Gasteiger partial charge is 0.119 e. The number of hydrogen-bond donors (Lipinski definition) is 1. The van der Waals surface area contributed by atoms with E-state index >= 15 is 0 Å². The Morgan fingerprint density at radius 2 is 1.65 bits per heavy atom. The molecule has 0 amide bonds. The van der Waals surface area contributed by atoms with E-state index in [9.17, 15) is 0 Å². The maximum atomic E-state index is 6.04. The molecule has 0 unspecified atom stereocenters. The third-order valence-corrected chi connectivity index (χ3v) is 3.70. The lowest BCUT2D eigenvalue weighted by atomic mass is 10.2. The third kappa shape index (κ3) is 3.30. The molecule has 0 aliphatic carbocycles. The van der Waals surface area contributed by atoms with E-state index in [1.165, 1.54) is 0 Å². The molecule has 20 heavy (non-hydrogen) atoms. The summed E-state index contributed by atoms with van der Waals surface area (Å²) in [6.45, 7) is 0.687. The molecular weight excluding hydrogens is 295 g/mol. The Morgan fingerprint density at radius 3 is 2.15 bits per heavy atom. The number of nitrogen functional groups attached to an aromatic ring is 1. The average molecular weight is 311 g/mol. The number of hydrogen-bond acceptors (Lipinski definition) is 3. The number of anilines is 2. The molecule has 0 aromatic heterocycles. The normalized spacial score (nSPS) is 10.4. The van der Waals surface area contributed by atoms with E-state index < -0.39 is 0 Å². The highest BCUT2D eigenvalue weighted by Gasteiger charge is 2.08. The molecule has 0 atom stereocenters. The molecule has 5 heteroatoms. The van der Waals surface area contributed by atoms with E-state index in [0.29, 0.717) is 22.3 Å². The van der Waals surface area contributed by atoms with Gasteiger partial charge in [0.15, 0.2) is 0 Å². The summed E-state index contributed by atoms with van der Waals surface area (Å²) in [6, 6.07) is 11.5. The van der Waals surface area contributed by atoms with Crippen molar-refractivity contribution >= 4 is 34.6 Å².